The average Bonchev–Trinajstić information content (AvgIpc) is 2.58. The normalized spacial score (nSPS) is 13.6. The standard InChI is InChI=1S/C17H14ClNO4/c1-22-17(21)14-10-19(18)15-9-12(7-8-13(15)16(14)20)23-11-5-3-2-4-6-11/h2-9,20H,10H2,1H3. The van der Waals surface area contributed by atoms with Crippen LogP contribution in [-0.4, -0.2) is 24.7 Å². The van der Waals surface area contributed by atoms with Crippen LogP contribution in [0.25, 0.3) is 5.76 Å². The molecule has 0 amide bonds. The van der Waals surface area contributed by atoms with Gasteiger partial charge in [-0.3, -0.25) is 4.42 Å². The third-order valence-electron chi connectivity index (χ3n) is 3.48. The highest BCUT2D eigenvalue weighted by molar-refractivity contribution is 6.27. The third kappa shape index (κ3) is 2.96. The number of carbonyl (C=O) groups excluding carboxylic acids is 1. The molecule has 0 aliphatic carbocycles. The lowest BCUT2D eigenvalue weighted by Gasteiger charge is -2.26. The van der Waals surface area contributed by atoms with Gasteiger partial charge in [-0.1, -0.05) is 18.2 Å². The molecule has 23 heavy (non-hydrogen) atoms. The van der Waals surface area contributed by atoms with Crippen LogP contribution in [0, 0.1) is 0 Å². The maximum absolute atomic E-state index is 11.7. The van der Waals surface area contributed by atoms with Crippen molar-refractivity contribution in [3.8, 4) is 11.5 Å². The molecule has 0 spiro atoms. The van der Waals surface area contributed by atoms with E-state index in [1.54, 1.807) is 18.2 Å². The zero-order valence-electron chi connectivity index (χ0n) is 12.3. The van der Waals surface area contributed by atoms with Gasteiger partial charge in [0, 0.05) is 23.4 Å². The van der Waals surface area contributed by atoms with E-state index >= 15 is 0 Å². The van der Waals surface area contributed by atoms with Gasteiger partial charge in [-0.15, -0.1) is 0 Å². The van der Waals surface area contributed by atoms with E-state index in [2.05, 4.69) is 4.74 Å². The number of hydrogen-bond donors (Lipinski definition) is 1. The van der Waals surface area contributed by atoms with Crippen LogP contribution in [0.15, 0.2) is 54.1 Å². The van der Waals surface area contributed by atoms with E-state index in [4.69, 9.17) is 16.5 Å². The van der Waals surface area contributed by atoms with Gasteiger partial charge in [0.15, 0.2) is 0 Å². The molecule has 1 heterocycles. The first-order valence-corrected chi connectivity index (χ1v) is 7.25. The number of methoxy groups -OCH3 is 1. The summed E-state index contributed by atoms with van der Waals surface area (Å²) in [7, 11) is 1.26. The van der Waals surface area contributed by atoms with Crippen molar-refractivity contribution in [1.82, 2.24) is 0 Å². The van der Waals surface area contributed by atoms with Crippen LogP contribution in [0.3, 0.4) is 0 Å². The number of benzene rings is 2. The lowest BCUT2D eigenvalue weighted by atomic mass is 10.0. The Labute approximate surface area is 138 Å². The molecule has 1 aliphatic rings. The largest absolute Gasteiger partial charge is 0.507 e. The Kier molecular flexibility index (Phi) is 4.12. The molecule has 0 aromatic heterocycles. The van der Waals surface area contributed by atoms with Gasteiger partial charge in [0.05, 0.1) is 19.3 Å². The van der Waals surface area contributed by atoms with Crippen molar-refractivity contribution < 1.29 is 19.4 Å². The number of aliphatic hydroxyl groups is 1. The lowest BCUT2D eigenvalue weighted by molar-refractivity contribution is -0.136. The summed E-state index contributed by atoms with van der Waals surface area (Å²) < 4.78 is 11.8. The fraction of sp³-hybridized carbons (Fsp3) is 0.118. The van der Waals surface area contributed by atoms with Gasteiger partial charge in [-0.25, -0.2) is 4.79 Å². The fourth-order valence-electron chi connectivity index (χ4n) is 2.35. The van der Waals surface area contributed by atoms with Crippen molar-refractivity contribution in [1.29, 1.82) is 0 Å². The zero-order chi connectivity index (χ0) is 16.4. The minimum Gasteiger partial charge on any atom is -0.507 e. The highest BCUT2D eigenvalue weighted by Crippen LogP contribution is 2.38. The van der Waals surface area contributed by atoms with Crippen molar-refractivity contribution in [3.05, 3.63) is 59.7 Å². The average molecular weight is 332 g/mol. The van der Waals surface area contributed by atoms with E-state index in [0.717, 1.165) is 0 Å². The Hall–Kier alpha value is -2.66. The number of fused-ring (bicyclic) bond motifs is 1. The summed E-state index contributed by atoms with van der Waals surface area (Å²) in [5, 5.41) is 10.3. The van der Waals surface area contributed by atoms with Gasteiger partial charge in [-0.2, -0.15) is 0 Å². The van der Waals surface area contributed by atoms with Crippen LogP contribution in [-0.2, 0) is 9.53 Å². The van der Waals surface area contributed by atoms with Gasteiger partial charge >= 0.3 is 5.97 Å². The van der Waals surface area contributed by atoms with Crippen molar-refractivity contribution in [2.24, 2.45) is 0 Å². The molecule has 0 fully saturated rings. The summed E-state index contributed by atoms with van der Waals surface area (Å²) in [5.41, 5.74) is 1.13. The summed E-state index contributed by atoms with van der Waals surface area (Å²) in [6.45, 7) is 0.0435. The van der Waals surface area contributed by atoms with Crippen molar-refractivity contribution in [2.45, 2.75) is 0 Å². The smallest absolute Gasteiger partial charge is 0.339 e. The molecule has 118 valence electrons. The molecule has 0 saturated carbocycles. The van der Waals surface area contributed by atoms with Gasteiger partial charge in [0.25, 0.3) is 0 Å². The molecular formula is C17H14ClNO4. The monoisotopic (exact) mass is 331 g/mol. The first-order valence-electron chi connectivity index (χ1n) is 6.91. The maximum Gasteiger partial charge on any atom is 0.339 e. The van der Waals surface area contributed by atoms with Gasteiger partial charge in [0.2, 0.25) is 0 Å². The predicted molar refractivity (Wildman–Crippen MR) is 87.7 cm³/mol. The Bertz CT molecular complexity index is 773. The Morgan fingerprint density at radius 1 is 1.17 bits per heavy atom. The molecule has 3 rings (SSSR count). The molecule has 1 aliphatic heterocycles. The second-order valence-corrected chi connectivity index (χ2v) is 5.34. The first-order chi connectivity index (χ1) is 11.1. The van der Waals surface area contributed by atoms with E-state index in [1.807, 2.05) is 30.3 Å². The Morgan fingerprint density at radius 2 is 1.91 bits per heavy atom. The first kappa shape index (κ1) is 15.2. The van der Waals surface area contributed by atoms with E-state index < -0.39 is 5.97 Å². The van der Waals surface area contributed by atoms with Gasteiger partial charge in [0.1, 0.15) is 22.8 Å². The molecule has 0 unspecified atom stereocenters. The lowest BCUT2D eigenvalue weighted by Crippen LogP contribution is -2.26. The van der Waals surface area contributed by atoms with Crippen molar-refractivity contribution >= 4 is 29.2 Å². The van der Waals surface area contributed by atoms with Crippen LogP contribution in [0.5, 0.6) is 11.5 Å². The quantitative estimate of drug-likeness (QED) is 0.683. The van der Waals surface area contributed by atoms with Crippen molar-refractivity contribution in [3.63, 3.8) is 0 Å². The summed E-state index contributed by atoms with van der Waals surface area (Å²) in [5.74, 6) is 0.535. The number of ether oxygens (including phenoxy) is 2. The number of nitrogens with zero attached hydrogens (tertiary/aromatic N) is 1. The van der Waals surface area contributed by atoms with Crippen LogP contribution in [0.1, 0.15) is 5.56 Å². The van der Waals surface area contributed by atoms with Crippen LogP contribution >= 0.6 is 11.8 Å². The molecule has 0 bridgehead atoms. The Balaban J connectivity index is 1.96. The highest BCUT2D eigenvalue weighted by atomic mass is 35.5. The van der Waals surface area contributed by atoms with Gasteiger partial charge in [-0.05, 0) is 24.3 Å². The number of carbonyl (C=O) groups is 1. The summed E-state index contributed by atoms with van der Waals surface area (Å²) in [6, 6.07) is 14.4. The fourth-order valence-corrected chi connectivity index (χ4v) is 2.61. The van der Waals surface area contributed by atoms with Crippen molar-refractivity contribution in [2.75, 3.05) is 18.1 Å². The SMILES string of the molecule is COC(=O)C1=C(O)c2ccc(Oc3ccccc3)cc2N(Cl)C1. The molecule has 2 aromatic rings. The van der Waals surface area contributed by atoms with Crippen LogP contribution in [0.4, 0.5) is 5.69 Å². The number of anilines is 1. The number of para-hydroxylation sites is 1. The summed E-state index contributed by atoms with van der Waals surface area (Å²) >= 11 is 6.21. The predicted octanol–water partition coefficient (Wildman–Crippen LogP) is 3.89. The zero-order valence-corrected chi connectivity index (χ0v) is 13.1. The molecule has 1 N–H and O–H groups in total. The van der Waals surface area contributed by atoms with E-state index in [-0.39, 0.29) is 17.9 Å². The number of halogens is 1. The minimum atomic E-state index is -0.608. The summed E-state index contributed by atoms with van der Waals surface area (Å²) in [4.78, 5) is 11.7. The number of rotatable bonds is 3. The van der Waals surface area contributed by atoms with E-state index in [9.17, 15) is 9.90 Å². The topological polar surface area (TPSA) is 59.0 Å². The molecule has 0 radical (unpaired) electrons. The molecule has 0 atom stereocenters. The summed E-state index contributed by atoms with van der Waals surface area (Å²) in [6.07, 6.45) is 0. The highest BCUT2D eigenvalue weighted by Gasteiger charge is 2.28. The number of aliphatic hydroxyl groups excluding tert-OH is 1. The Morgan fingerprint density at radius 3 is 2.61 bits per heavy atom. The third-order valence-corrected chi connectivity index (χ3v) is 3.78. The maximum atomic E-state index is 11.7. The van der Waals surface area contributed by atoms with E-state index in [0.29, 0.717) is 22.7 Å². The molecule has 6 heteroatoms. The van der Waals surface area contributed by atoms with E-state index in [1.165, 1.54) is 11.5 Å². The molecule has 5 nitrogen and oxygen atoms in total. The molecule has 2 aromatic carbocycles. The minimum absolute atomic E-state index is 0.0435. The van der Waals surface area contributed by atoms with Crippen LogP contribution in [0.2, 0.25) is 0 Å². The molecular weight excluding hydrogens is 318 g/mol. The molecule has 0 saturated heterocycles. The van der Waals surface area contributed by atoms with Crippen LogP contribution < -0.4 is 9.16 Å². The van der Waals surface area contributed by atoms with Gasteiger partial charge < -0.3 is 14.6 Å². The second-order valence-electron chi connectivity index (χ2n) is 4.93. The second kappa shape index (κ2) is 6.22. The number of hydrogen-bond acceptors (Lipinski definition) is 5. The number of esters is 1.